The molecule has 8 nitrogen and oxygen atoms in total. The van der Waals surface area contributed by atoms with E-state index in [4.69, 9.17) is 4.74 Å². The van der Waals surface area contributed by atoms with Gasteiger partial charge in [0.2, 0.25) is 0 Å². The fourth-order valence-electron chi connectivity index (χ4n) is 4.02. The van der Waals surface area contributed by atoms with Crippen molar-refractivity contribution in [3.05, 3.63) is 60.7 Å². The van der Waals surface area contributed by atoms with Crippen LogP contribution in [-0.4, -0.2) is 56.3 Å². The molecule has 0 aliphatic carbocycles. The molecule has 1 aliphatic rings. The molecule has 0 N–H and O–H groups in total. The van der Waals surface area contributed by atoms with E-state index in [1.807, 2.05) is 13.8 Å². The zero-order chi connectivity index (χ0) is 25.4. The van der Waals surface area contributed by atoms with Crippen LogP contribution in [0.5, 0.6) is 0 Å². The number of nitrogens with zero attached hydrogens (tertiary/aromatic N) is 2. The van der Waals surface area contributed by atoms with Crippen molar-refractivity contribution in [2.24, 2.45) is 5.41 Å². The molecule has 0 spiro atoms. The Morgan fingerprint density at radius 3 is 1.79 bits per heavy atom. The number of carbonyl (C=O) groups excluding carboxylic acids is 1. The predicted octanol–water partition coefficient (Wildman–Crippen LogP) is 4.10. The van der Waals surface area contributed by atoms with Gasteiger partial charge in [-0.25, -0.2) is 21.6 Å². The Morgan fingerprint density at radius 1 is 0.941 bits per heavy atom. The Balaban J connectivity index is 2.07. The maximum absolute atomic E-state index is 13.6. The van der Waals surface area contributed by atoms with Gasteiger partial charge >= 0.3 is 6.09 Å². The summed E-state index contributed by atoms with van der Waals surface area (Å²) in [7, 11) is -8.90. The fourth-order valence-corrected chi connectivity index (χ4v) is 7.78. The highest BCUT2D eigenvalue weighted by Gasteiger charge is 2.46. The lowest BCUT2D eigenvalue weighted by atomic mass is 9.91. The third-order valence-corrected chi connectivity index (χ3v) is 9.72. The van der Waals surface area contributed by atoms with E-state index in [2.05, 4.69) is 0 Å². The second kappa shape index (κ2) is 9.31. The summed E-state index contributed by atoms with van der Waals surface area (Å²) < 4.78 is 60.5. The summed E-state index contributed by atoms with van der Waals surface area (Å²) >= 11 is 0. The Hall–Kier alpha value is -2.43. The Kier molecular flexibility index (Phi) is 7.17. The molecule has 0 radical (unpaired) electrons. The summed E-state index contributed by atoms with van der Waals surface area (Å²) in [5, 5.41) is 0. The minimum Gasteiger partial charge on any atom is -0.444 e. The van der Waals surface area contributed by atoms with Crippen molar-refractivity contribution in [1.29, 1.82) is 0 Å². The quantitative estimate of drug-likeness (QED) is 0.582. The highest BCUT2D eigenvalue weighted by Crippen LogP contribution is 2.37. The number of hydrogen-bond donors (Lipinski definition) is 0. The molecule has 1 heterocycles. The third-order valence-electron chi connectivity index (χ3n) is 5.43. The first-order chi connectivity index (χ1) is 15.6. The van der Waals surface area contributed by atoms with Gasteiger partial charge in [0.25, 0.3) is 20.0 Å². The lowest BCUT2D eigenvalue weighted by Gasteiger charge is -2.31. The van der Waals surface area contributed by atoms with Crippen molar-refractivity contribution in [2.75, 3.05) is 13.1 Å². The molecule has 0 bridgehead atoms. The maximum atomic E-state index is 13.6. The molecule has 1 fully saturated rings. The molecule has 10 heteroatoms. The summed E-state index contributed by atoms with van der Waals surface area (Å²) in [5.41, 5.74) is -1.10. The molecule has 34 heavy (non-hydrogen) atoms. The molecule has 2 aromatic rings. The first-order valence-electron chi connectivity index (χ1n) is 11.0. The normalized spacial score (nSPS) is 18.8. The largest absolute Gasteiger partial charge is 0.444 e. The smallest absolute Gasteiger partial charge is 0.410 e. The van der Waals surface area contributed by atoms with Gasteiger partial charge in [0, 0.05) is 6.54 Å². The number of hydrogen-bond acceptors (Lipinski definition) is 6. The monoisotopic (exact) mass is 508 g/mol. The van der Waals surface area contributed by atoms with Crippen LogP contribution in [0.1, 0.15) is 41.0 Å². The van der Waals surface area contributed by atoms with Crippen LogP contribution in [0.2, 0.25) is 0 Å². The van der Waals surface area contributed by atoms with Crippen LogP contribution in [-0.2, 0) is 24.8 Å². The average molecular weight is 509 g/mol. The molecule has 1 unspecified atom stereocenters. The number of rotatable bonds is 6. The molecular weight excluding hydrogens is 476 g/mol. The first kappa shape index (κ1) is 26.2. The Morgan fingerprint density at radius 2 is 1.38 bits per heavy atom. The molecule has 1 saturated heterocycles. The number of sulfonamides is 2. The van der Waals surface area contributed by atoms with E-state index < -0.39 is 44.3 Å². The van der Waals surface area contributed by atoms with Crippen LogP contribution in [0.25, 0.3) is 0 Å². The lowest BCUT2D eigenvalue weighted by Crippen LogP contribution is -2.48. The van der Waals surface area contributed by atoms with Gasteiger partial charge in [-0.2, -0.15) is 0 Å². The number of likely N-dealkylation sites (tertiary alicyclic amines) is 1. The zero-order valence-corrected chi connectivity index (χ0v) is 21.8. The summed E-state index contributed by atoms with van der Waals surface area (Å²) in [5.74, 6) is 0. The van der Waals surface area contributed by atoms with Crippen LogP contribution >= 0.6 is 0 Å². The minimum absolute atomic E-state index is 0.143. The molecule has 3 rings (SSSR count). The topological polar surface area (TPSA) is 101 Å². The van der Waals surface area contributed by atoms with E-state index in [0.29, 0.717) is 16.7 Å². The van der Waals surface area contributed by atoms with E-state index in [0.717, 1.165) is 0 Å². The van der Waals surface area contributed by atoms with E-state index in [1.54, 1.807) is 32.9 Å². The highest BCUT2D eigenvalue weighted by atomic mass is 32.3. The van der Waals surface area contributed by atoms with E-state index >= 15 is 0 Å². The van der Waals surface area contributed by atoms with Gasteiger partial charge in [0.1, 0.15) is 5.60 Å². The predicted molar refractivity (Wildman–Crippen MR) is 129 cm³/mol. The molecule has 186 valence electrons. The van der Waals surface area contributed by atoms with Crippen LogP contribution in [0, 0.1) is 5.41 Å². The molecule has 1 atom stereocenters. The second-order valence-corrected chi connectivity index (χ2v) is 14.2. The van der Waals surface area contributed by atoms with E-state index in [9.17, 15) is 21.6 Å². The number of benzene rings is 2. The van der Waals surface area contributed by atoms with Crippen LogP contribution in [0.15, 0.2) is 70.5 Å². The maximum Gasteiger partial charge on any atom is 0.410 e. The SMILES string of the molecule is CC1(C)CC(CN(S(=O)(=O)c2ccccc2)S(=O)(=O)c2ccccc2)N(C(=O)OC(C)(C)C)C1. The van der Waals surface area contributed by atoms with Crippen molar-refractivity contribution < 1.29 is 26.4 Å². The lowest BCUT2D eigenvalue weighted by molar-refractivity contribution is 0.0209. The molecule has 2 aromatic carbocycles. The van der Waals surface area contributed by atoms with Gasteiger partial charge in [0.15, 0.2) is 0 Å². The van der Waals surface area contributed by atoms with Gasteiger partial charge < -0.3 is 9.64 Å². The van der Waals surface area contributed by atoms with Crippen LogP contribution in [0.4, 0.5) is 4.79 Å². The summed E-state index contributed by atoms with van der Waals surface area (Å²) in [6.45, 7) is 9.03. The molecule has 0 saturated carbocycles. The van der Waals surface area contributed by atoms with E-state index in [-0.39, 0.29) is 15.2 Å². The zero-order valence-electron chi connectivity index (χ0n) is 20.1. The van der Waals surface area contributed by atoms with Crippen molar-refractivity contribution in [3.8, 4) is 0 Å². The summed E-state index contributed by atoms with van der Waals surface area (Å²) in [6.07, 6.45) is -0.186. The minimum atomic E-state index is -4.45. The van der Waals surface area contributed by atoms with Gasteiger partial charge in [-0.1, -0.05) is 54.0 Å². The van der Waals surface area contributed by atoms with Gasteiger partial charge in [-0.05, 0) is 56.9 Å². The van der Waals surface area contributed by atoms with Crippen molar-refractivity contribution in [1.82, 2.24) is 8.61 Å². The van der Waals surface area contributed by atoms with Crippen LogP contribution in [0.3, 0.4) is 0 Å². The fraction of sp³-hybridized carbons (Fsp3) is 0.458. The van der Waals surface area contributed by atoms with E-state index in [1.165, 1.54) is 53.4 Å². The van der Waals surface area contributed by atoms with Crippen molar-refractivity contribution >= 4 is 26.1 Å². The van der Waals surface area contributed by atoms with Crippen molar-refractivity contribution in [3.63, 3.8) is 0 Å². The number of carbonyl (C=O) groups is 1. The molecule has 0 aromatic heterocycles. The average Bonchev–Trinajstić information content (AvgIpc) is 3.06. The van der Waals surface area contributed by atoms with Gasteiger partial charge in [-0.15, -0.1) is 0 Å². The summed E-state index contributed by atoms with van der Waals surface area (Å²) in [4.78, 5) is 14.1. The summed E-state index contributed by atoms with van der Waals surface area (Å²) in [6, 6.07) is 14.2. The molecular formula is C24H32N2O6S2. The van der Waals surface area contributed by atoms with Gasteiger partial charge in [0.05, 0.1) is 22.4 Å². The highest BCUT2D eigenvalue weighted by molar-refractivity contribution is 8.04. The molecule has 1 aliphatic heterocycles. The Labute approximate surface area is 202 Å². The standard InChI is InChI=1S/C24H32N2O6S2/c1-23(2,3)32-22(27)25-18-24(4,5)16-19(25)17-26(33(28,29)20-12-8-6-9-13-20)34(30,31)21-14-10-7-11-15-21/h6-15,19H,16-18H2,1-5H3. The van der Waals surface area contributed by atoms with Gasteiger partial charge in [-0.3, -0.25) is 0 Å². The molecule has 1 amide bonds. The number of amides is 1. The second-order valence-electron chi connectivity index (χ2n) is 10.2. The first-order valence-corrected chi connectivity index (χ1v) is 13.9. The van der Waals surface area contributed by atoms with Crippen molar-refractivity contribution in [2.45, 2.75) is 62.5 Å². The number of ether oxygens (including phenoxy) is 1. The third kappa shape index (κ3) is 5.79. The van der Waals surface area contributed by atoms with Crippen LogP contribution < -0.4 is 0 Å². The Bertz CT molecular complexity index is 1150.